The van der Waals surface area contributed by atoms with Crippen LogP contribution >= 0.6 is 0 Å². The summed E-state index contributed by atoms with van der Waals surface area (Å²) < 4.78 is 120. The summed E-state index contributed by atoms with van der Waals surface area (Å²) in [6.07, 6.45) is -6.98. The van der Waals surface area contributed by atoms with Gasteiger partial charge in [-0.1, -0.05) is 24.3 Å². The van der Waals surface area contributed by atoms with Crippen molar-refractivity contribution in [3.63, 3.8) is 0 Å². The molecule has 0 saturated heterocycles. The quantitative estimate of drug-likeness (QED) is 0.141. The molecule has 252 valence electrons. The molecule has 0 amide bonds. The lowest BCUT2D eigenvalue weighted by Gasteiger charge is -2.28. The molecule has 1 aliphatic carbocycles. The SMILES string of the molecule is O=S(=O)(NCC1CCC(CNc2nc(NCCc3ccc(F)cc3)c3ccccc3n2)CC1)c1cc(C(F)(F)F)cc(C(F)(F)F)c1. The minimum Gasteiger partial charge on any atom is -0.369 e. The Balaban J connectivity index is 1.15. The second kappa shape index (κ2) is 14.0. The second-order valence-corrected chi connectivity index (χ2v) is 13.3. The average Bonchev–Trinajstić information content (AvgIpc) is 3.03. The van der Waals surface area contributed by atoms with Crippen molar-refractivity contribution in [3.05, 3.63) is 89.2 Å². The predicted molar refractivity (Wildman–Crippen MR) is 164 cm³/mol. The van der Waals surface area contributed by atoms with Gasteiger partial charge in [0.25, 0.3) is 0 Å². The minimum atomic E-state index is -5.15. The molecule has 7 nitrogen and oxygen atoms in total. The maximum Gasteiger partial charge on any atom is 0.416 e. The van der Waals surface area contributed by atoms with E-state index in [0.717, 1.165) is 29.3 Å². The van der Waals surface area contributed by atoms with Crippen molar-refractivity contribution in [2.45, 2.75) is 49.4 Å². The van der Waals surface area contributed by atoms with Crippen LogP contribution in [-0.4, -0.2) is 38.0 Å². The number of hydrogen-bond acceptors (Lipinski definition) is 6. The van der Waals surface area contributed by atoms with E-state index in [0.29, 0.717) is 44.1 Å². The van der Waals surface area contributed by atoms with Gasteiger partial charge in [0.2, 0.25) is 16.0 Å². The molecule has 1 aliphatic rings. The molecule has 0 aliphatic heterocycles. The number of sulfonamides is 1. The molecule has 0 spiro atoms. The van der Waals surface area contributed by atoms with E-state index in [4.69, 9.17) is 0 Å². The summed E-state index contributed by atoms with van der Waals surface area (Å²) in [5, 5.41) is 7.48. The van der Waals surface area contributed by atoms with Crippen LogP contribution in [0.5, 0.6) is 0 Å². The van der Waals surface area contributed by atoms with Gasteiger partial charge < -0.3 is 10.6 Å². The van der Waals surface area contributed by atoms with Crippen molar-refractivity contribution in [2.24, 2.45) is 11.8 Å². The smallest absolute Gasteiger partial charge is 0.369 e. The number of fused-ring (bicyclic) bond motifs is 1. The highest BCUT2D eigenvalue weighted by Crippen LogP contribution is 2.37. The fourth-order valence-corrected chi connectivity index (χ4v) is 6.72. The van der Waals surface area contributed by atoms with Crippen LogP contribution in [0.15, 0.2) is 71.6 Å². The van der Waals surface area contributed by atoms with Gasteiger partial charge in [-0.25, -0.2) is 22.5 Å². The predicted octanol–water partition coefficient (Wildman–Crippen LogP) is 7.66. The van der Waals surface area contributed by atoms with Crippen LogP contribution in [0, 0.1) is 17.7 Å². The Morgan fingerprint density at radius 1 is 0.745 bits per heavy atom. The van der Waals surface area contributed by atoms with Crippen LogP contribution in [0.2, 0.25) is 0 Å². The number of alkyl halides is 6. The Morgan fingerprint density at radius 3 is 1.96 bits per heavy atom. The Bertz CT molecular complexity index is 1760. The first-order chi connectivity index (χ1) is 22.2. The number of halogens is 7. The number of nitrogens with zero attached hydrogens (tertiary/aromatic N) is 2. The maximum absolute atomic E-state index is 13.2. The third kappa shape index (κ3) is 9.10. The number of hydrogen-bond donors (Lipinski definition) is 3. The van der Waals surface area contributed by atoms with Gasteiger partial charge >= 0.3 is 12.4 Å². The highest BCUT2D eigenvalue weighted by molar-refractivity contribution is 7.89. The van der Waals surface area contributed by atoms with Crippen molar-refractivity contribution >= 4 is 32.7 Å². The summed E-state index contributed by atoms with van der Waals surface area (Å²) in [6, 6.07) is 14.2. The molecular formula is C32H32F7N5O2S. The van der Waals surface area contributed by atoms with Crippen LogP contribution < -0.4 is 15.4 Å². The Hall–Kier alpha value is -3.98. The lowest BCUT2D eigenvalue weighted by atomic mass is 9.82. The van der Waals surface area contributed by atoms with Gasteiger partial charge in [0.1, 0.15) is 11.6 Å². The molecule has 1 aromatic heterocycles. The van der Waals surface area contributed by atoms with Crippen molar-refractivity contribution in [3.8, 4) is 0 Å². The van der Waals surface area contributed by atoms with Gasteiger partial charge in [0, 0.05) is 25.0 Å². The van der Waals surface area contributed by atoms with E-state index < -0.39 is 38.4 Å². The zero-order valence-corrected chi connectivity index (χ0v) is 25.7. The molecule has 3 N–H and O–H groups in total. The van der Waals surface area contributed by atoms with Crippen LogP contribution in [0.1, 0.15) is 42.4 Å². The first-order valence-corrected chi connectivity index (χ1v) is 16.4. The van der Waals surface area contributed by atoms with E-state index in [9.17, 15) is 39.2 Å². The van der Waals surface area contributed by atoms with Gasteiger partial charge in [-0.2, -0.15) is 31.3 Å². The summed E-state index contributed by atoms with van der Waals surface area (Å²) in [6.45, 7) is 1.01. The second-order valence-electron chi connectivity index (χ2n) is 11.6. The molecule has 3 aromatic carbocycles. The van der Waals surface area contributed by atoms with Crippen molar-refractivity contribution < 1.29 is 39.2 Å². The molecule has 0 atom stereocenters. The van der Waals surface area contributed by atoms with Crippen LogP contribution in [0.3, 0.4) is 0 Å². The van der Waals surface area contributed by atoms with Crippen LogP contribution in [0.4, 0.5) is 42.5 Å². The number of rotatable bonds is 11. The minimum absolute atomic E-state index is 0.106. The molecule has 4 aromatic rings. The Morgan fingerprint density at radius 2 is 1.34 bits per heavy atom. The van der Waals surface area contributed by atoms with Gasteiger partial charge in [-0.15, -0.1) is 0 Å². The molecule has 47 heavy (non-hydrogen) atoms. The fraction of sp³-hybridized carbons (Fsp3) is 0.375. The highest BCUT2D eigenvalue weighted by Gasteiger charge is 2.38. The summed E-state index contributed by atoms with van der Waals surface area (Å²) >= 11 is 0. The molecule has 1 heterocycles. The van der Waals surface area contributed by atoms with E-state index in [1.54, 1.807) is 12.1 Å². The topological polar surface area (TPSA) is 96.0 Å². The molecule has 0 unspecified atom stereocenters. The number of benzene rings is 3. The average molecular weight is 684 g/mol. The summed E-state index contributed by atoms with van der Waals surface area (Å²) in [5.74, 6) is 0.868. The molecule has 0 bridgehead atoms. The fourth-order valence-electron chi connectivity index (χ4n) is 5.53. The molecule has 5 rings (SSSR count). The van der Waals surface area contributed by atoms with Crippen LogP contribution in [0.25, 0.3) is 10.9 Å². The molecule has 1 saturated carbocycles. The van der Waals surface area contributed by atoms with E-state index in [1.807, 2.05) is 24.3 Å². The van der Waals surface area contributed by atoms with Crippen molar-refractivity contribution in [2.75, 3.05) is 30.3 Å². The largest absolute Gasteiger partial charge is 0.416 e. The van der Waals surface area contributed by atoms with Gasteiger partial charge in [-0.05, 0) is 92.0 Å². The summed E-state index contributed by atoms with van der Waals surface area (Å²) in [4.78, 5) is 8.19. The number of aromatic nitrogens is 2. The van der Waals surface area contributed by atoms with E-state index in [1.165, 1.54) is 12.1 Å². The zero-order valence-electron chi connectivity index (χ0n) is 24.9. The Labute approximate surface area is 267 Å². The summed E-state index contributed by atoms with van der Waals surface area (Å²) in [7, 11) is -4.63. The van der Waals surface area contributed by atoms with Crippen LogP contribution in [-0.2, 0) is 28.8 Å². The van der Waals surface area contributed by atoms with Crippen molar-refractivity contribution in [1.29, 1.82) is 0 Å². The van der Waals surface area contributed by atoms with E-state index in [-0.39, 0.29) is 42.4 Å². The first kappa shape index (κ1) is 34.4. The number of para-hydroxylation sites is 1. The molecule has 0 radical (unpaired) electrons. The standard InChI is InChI=1S/C32H32F7N5O2S/c33-25-11-9-20(10-12-25)13-14-40-29-27-3-1-2-4-28(27)43-30(44-29)41-18-21-5-7-22(8-6-21)19-42-47(45,46)26-16-23(31(34,35)36)15-24(17-26)32(37,38)39/h1-4,9-12,15-17,21-22,42H,5-8,13-14,18-19H2,(H2,40,41,43,44). The third-order valence-electron chi connectivity index (χ3n) is 8.17. The van der Waals surface area contributed by atoms with Gasteiger partial charge in [0.15, 0.2) is 0 Å². The number of nitrogens with one attached hydrogen (secondary N) is 3. The third-order valence-corrected chi connectivity index (χ3v) is 9.57. The van der Waals surface area contributed by atoms with Crippen molar-refractivity contribution in [1.82, 2.24) is 14.7 Å². The first-order valence-electron chi connectivity index (χ1n) is 15.0. The zero-order chi connectivity index (χ0) is 33.8. The molecular weight excluding hydrogens is 651 g/mol. The molecule has 1 fully saturated rings. The van der Waals surface area contributed by atoms with E-state index >= 15 is 0 Å². The lowest BCUT2D eigenvalue weighted by molar-refractivity contribution is -0.143. The normalized spacial score (nSPS) is 17.5. The number of anilines is 2. The molecule has 15 heteroatoms. The van der Waals surface area contributed by atoms with Gasteiger partial charge in [-0.3, -0.25) is 0 Å². The van der Waals surface area contributed by atoms with E-state index in [2.05, 4.69) is 25.3 Å². The monoisotopic (exact) mass is 683 g/mol. The maximum atomic E-state index is 13.2. The lowest BCUT2D eigenvalue weighted by Crippen LogP contribution is -2.32. The highest BCUT2D eigenvalue weighted by atomic mass is 32.2. The summed E-state index contributed by atoms with van der Waals surface area (Å²) in [5.41, 5.74) is -1.66. The Kier molecular flexibility index (Phi) is 10.2. The van der Waals surface area contributed by atoms with Gasteiger partial charge in [0.05, 0.1) is 21.5 Å².